The molecule has 2 heterocycles. The summed E-state index contributed by atoms with van der Waals surface area (Å²) < 4.78 is 0. The lowest BCUT2D eigenvalue weighted by Gasteiger charge is -2.37. The molecule has 1 fully saturated rings. The minimum Gasteiger partial charge on any atom is -0.367 e. The van der Waals surface area contributed by atoms with Crippen LogP contribution in [-0.2, 0) is 5.33 Å². The number of hydrogen-bond donors (Lipinski definition) is 0. The van der Waals surface area contributed by atoms with Crippen LogP contribution in [0.25, 0.3) is 0 Å². The molecule has 1 aliphatic rings. The molecular formula is C16H17BrClN3. The van der Waals surface area contributed by atoms with Gasteiger partial charge in [0.15, 0.2) is 0 Å². The second kappa shape index (κ2) is 6.67. The van der Waals surface area contributed by atoms with E-state index in [1.807, 2.05) is 30.5 Å². The maximum absolute atomic E-state index is 6.41. The van der Waals surface area contributed by atoms with Gasteiger partial charge in [-0.1, -0.05) is 45.7 Å². The Balaban J connectivity index is 1.75. The van der Waals surface area contributed by atoms with E-state index in [1.165, 1.54) is 5.56 Å². The Morgan fingerprint density at radius 2 is 1.76 bits per heavy atom. The molecule has 0 aliphatic carbocycles. The fourth-order valence-corrected chi connectivity index (χ4v) is 3.49. The SMILES string of the molecule is Clc1cccc(CBr)c1N1CCN(c2ccccn2)CC1. The Kier molecular flexibility index (Phi) is 4.66. The molecule has 0 radical (unpaired) electrons. The van der Waals surface area contributed by atoms with Crippen LogP contribution in [0.4, 0.5) is 11.5 Å². The van der Waals surface area contributed by atoms with Crippen molar-refractivity contribution in [2.75, 3.05) is 36.0 Å². The number of piperazine rings is 1. The van der Waals surface area contributed by atoms with Crippen molar-refractivity contribution in [1.29, 1.82) is 0 Å². The van der Waals surface area contributed by atoms with E-state index < -0.39 is 0 Å². The molecule has 0 saturated carbocycles. The molecule has 1 aromatic heterocycles. The molecule has 5 heteroatoms. The zero-order chi connectivity index (χ0) is 14.7. The molecule has 0 unspecified atom stereocenters. The predicted molar refractivity (Wildman–Crippen MR) is 92.7 cm³/mol. The number of benzene rings is 1. The van der Waals surface area contributed by atoms with Gasteiger partial charge < -0.3 is 9.80 Å². The molecule has 0 spiro atoms. The summed E-state index contributed by atoms with van der Waals surface area (Å²) in [6.07, 6.45) is 1.85. The van der Waals surface area contributed by atoms with E-state index >= 15 is 0 Å². The first kappa shape index (κ1) is 14.7. The Morgan fingerprint density at radius 3 is 2.43 bits per heavy atom. The molecule has 0 amide bonds. The van der Waals surface area contributed by atoms with Crippen LogP contribution in [0.5, 0.6) is 0 Å². The molecule has 1 saturated heterocycles. The summed E-state index contributed by atoms with van der Waals surface area (Å²) in [5.41, 5.74) is 2.41. The van der Waals surface area contributed by atoms with Gasteiger partial charge in [-0.15, -0.1) is 0 Å². The highest BCUT2D eigenvalue weighted by Crippen LogP contribution is 2.32. The van der Waals surface area contributed by atoms with E-state index in [1.54, 1.807) is 0 Å². The van der Waals surface area contributed by atoms with Gasteiger partial charge in [0.05, 0.1) is 10.7 Å². The van der Waals surface area contributed by atoms with Crippen LogP contribution in [-0.4, -0.2) is 31.2 Å². The highest BCUT2D eigenvalue weighted by molar-refractivity contribution is 9.08. The summed E-state index contributed by atoms with van der Waals surface area (Å²) in [5.74, 6) is 1.05. The number of nitrogens with zero attached hydrogens (tertiary/aromatic N) is 3. The molecule has 21 heavy (non-hydrogen) atoms. The van der Waals surface area contributed by atoms with Gasteiger partial charge in [-0.05, 0) is 23.8 Å². The van der Waals surface area contributed by atoms with Crippen LogP contribution in [0.3, 0.4) is 0 Å². The van der Waals surface area contributed by atoms with Gasteiger partial charge in [-0.2, -0.15) is 0 Å². The molecule has 0 N–H and O–H groups in total. The van der Waals surface area contributed by atoms with Crippen LogP contribution >= 0.6 is 27.5 Å². The Bertz CT molecular complexity index is 598. The molecule has 0 atom stereocenters. The zero-order valence-corrected chi connectivity index (χ0v) is 14.0. The Labute approximate surface area is 138 Å². The summed E-state index contributed by atoms with van der Waals surface area (Å²) >= 11 is 9.96. The van der Waals surface area contributed by atoms with Crippen molar-refractivity contribution in [1.82, 2.24) is 4.98 Å². The first-order chi connectivity index (χ1) is 10.3. The number of para-hydroxylation sites is 1. The standard InChI is InChI=1S/C16H17BrClN3/c17-12-13-4-3-5-14(18)16(13)21-10-8-20(9-11-21)15-6-1-2-7-19-15/h1-7H,8-12H2. The smallest absolute Gasteiger partial charge is 0.128 e. The van der Waals surface area contributed by atoms with Gasteiger partial charge in [-0.25, -0.2) is 4.98 Å². The fraction of sp³-hybridized carbons (Fsp3) is 0.312. The van der Waals surface area contributed by atoms with Crippen molar-refractivity contribution in [3.63, 3.8) is 0 Å². The first-order valence-electron chi connectivity index (χ1n) is 7.04. The van der Waals surface area contributed by atoms with Crippen LogP contribution in [0.15, 0.2) is 42.6 Å². The molecule has 1 aliphatic heterocycles. The molecule has 3 rings (SSSR count). The quantitative estimate of drug-likeness (QED) is 0.767. The van der Waals surface area contributed by atoms with E-state index in [4.69, 9.17) is 11.6 Å². The number of anilines is 2. The lowest BCUT2D eigenvalue weighted by atomic mass is 10.1. The lowest BCUT2D eigenvalue weighted by Crippen LogP contribution is -2.47. The van der Waals surface area contributed by atoms with Crippen molar-refractivity contribution in [2.24, 2.45) is 0 Å². The monoisotopic (exact) mass is 365 g/mol. The van der Waals surface area contributed by atoms with Gasteiger partial charge in [0.2, 0.25) is 0 Å². The summed E-state index contributed by atoms with van der Waals surface area (Å²) in [6, 6.07) is 12.1. The third kappa shape index (κ3) is 3.16. The Hall–Kier alpha value is -1.26. The van der Waals surface area contributed by atoms with Crippen molar-refractivity contribution < 1.29 is 0 Å². The fourth-order valence-electron chi connectivity index (χ4n) is 2.72. The van der Waals surface area contributed by atoms with Crippen LogP contribution in [0.2, 0.25) is 5.02 Å². The van der Waals surface area contributed by atoms with E-state index in [0.29, 0.717) is 0 Å². The number of aromatic nitrogens is 1. The summed E-state index contributed by atoms with van der Waals surface area (Å²) in [4.78, 5) is 9.12. The minimum absolute atomic E-state index is 0.823. The van der Waals surface area contributed by atoms with Crippen LogP contribution < -0.4 is 9.80 Å². The normalized spacial score (nSPS) is 15.3. The lowest BCUT2D eigenvalue weighted by molar-refractivity contribution is 0.646. The second-order valence-electron chi connectivity index (χ2n) is 5.04. The maximum Gasteiger partial charge on any atom is 0.128 e. The largest absolute Gasteiger partial charge is 0.367 e. The molecule has 3 nitrogen and oxygen atoms in total. The van der Waals surface area contributed by atoms with Crippen molar-refractivity contribution in [2.45, 2.75) is 5.33 Å². The van der Waals surface area contributed by atoms with E-state index in [0.717, 1.165) is 48.0 Å². The van der Waals surface area contributed by atoms with Gasteiger partial charge in [0, 0.05) is 37.7 Å². The zero-order valence-electron chi connectivity index (χ0n) is 11.7. The first-order valence-corrected chi connectivity index (χ1v) is 8.54. The Morgan fingerprint density at radius 1 is 1.00 bits per heavy atom. The summed E-state index contributed by atoms with van der Waals surface area (Å²) in [7, 11) is 0. The second-order valence-corrected chi connectivity index (χ2v) is 6.01. The number of halogens is 2. The van der Waals surface area contributed by atoms with Crippen molar-refractivity contribution in [3.8, 4) is 0 Å². The van der Waals surface area contributed by atoms with E-state index in [2.05, 4.69) is 42.8 Å². The summed E-state index contributed by atoms with van der Waals surface area (Å²) in [6.45, 7) is 3.84. The molecule has 2 aromatic rings. The third-order valence-electron chi connectivity index (χ3n) is 3.78. The maximum atomic E-state index is 6.41. The minimum atomic E-state index is 0.823. The highest BCUT2D eigenvalue weighted by Gasteiger charge is 2.21. The number of hydrogen-bond acceptors (Lipinski definition) is 3. The third-order valence-corrected chi connectivity index (χ3v) is 4.69. The van der Waals surface area contributed by atoms with Crippen LogP contribution in [0.1, 0.15) is 5.56 Å². The summed E-state index contributed by atoms with van der Waals surface area (Å²) in [5, 5.41) is 1.65. The molecule has 0 bridgehead atoms. The predicted octanol–water partition coefficient (Wildman–Crippen LogP) is 3.96. The van der Waals surface area contributed by atoms with E-state index in [-0.39, 0.29) is 0 Å². The number of pyridine rings is 1. The average Bonchev–Trinajstić information content (AvgIpc) is 2.55. The van der Waals surface area contributed by atoms with Gasteiger partial charge in [0.25, 0.3) is 0 Å². The highest BCUT2D eigenvalue weighted by atomic mass is 79.9. The number of alkyl halides is 1. The van der Waals surface area contributed by atoms with E-state index in [9.17, 15) is 0 Å². The average molecular weight is 367 g/mol. The topological polar surface area (TPSA) is 19.4 Å². The van der Waals surface area contributed by atoms with Gasteiger partial charge in [0.1, 0.15) is 5.82 Å². The van der Waals surface area contributed by atoms with Crippen molar-refractivity contribution in [3.05, 3.63) is 53.2 Å². The van der Waals surface area contributed by atoms with Crippen molar-refractivity contribution >= 4 is 39.0 Å². The molecule has 1 aromatic carbocycles. The molecular weight excluding hydrogens is 350 g/mol. The van der Waals surface area contributed by atoms with Gasteiger partial charge >= 0.3 is 0 Å². The van der Waals surface area contributed by atoms with Gasteiger partial charge in [-0.3, -0.25) is 0 Å². The molecule has 110 valence electrons. The number of rotatable bonds is 3. The van der Waals surface area contributed by atoms with Crippen LogP contribution in [0, 0.1) is 0 Å².